The minimum Gasteiger partial charge on any atom is -0.497 e. The van der Waals surface area contributed by atoms with Crippen molar-refractivity contribution < 1.29 is 14.3 Å². The number of carbonyl (C=O) groups is 1. The molecule has 122 valence electrons. The first kappa shape index (κ1) is 16.7. The van der Waals surface area contributed by atoms with E-state index in [9.17, 15) is 4.79 Å². The standard InChI is InChI=1S/C18H27NO3/c1-13-10-11-19(17(20)22-18(2,3)4)16(12-13)14-6-8-15(21-5)9-7-14/h6-9,13,16H,10-12H2,1-5H3/t13-,16+/m1/s1. The predicted octanol–water partition coefficient (Wildman–Crippen LogP) is 4.40. The number of nitrogens with zero attached hydrogens (tertiary/aromatic N) is 1. The largest absolute Gasteiger partial charge is 0.497 e. The van der Waals surface area contributed by atoms with Crippen LogP contribution in [0.1, 0.15) is 52.1 Å². The van der Waals surface area contributed by atoms with Gasteiger partial charge in [0.2, 0.25) is 0 Å². The first-order valence-corrected chi connectivity index (χ1v) is 7.93. The minimum atomic E-state index is -0.468. The Bertz CT molecular complexity index is 504. The molecular formula is C18H27NO3. The van der Waals surface area contributed by atoms with Gasteiger partial charge in [0.15, 0.2) is 0 Å². The summed E-state index contributed by atoms with van der Waals surface area (Å²) >= 11 is 0. The van der Waals surface area contributed by atoms with Crippen LogP contribution in [0, 0.1) is 5.92 Å². The van der Waals surface area contributed by atoms with Gasteiger partial charge in [-0.25, -0.2) is 4.79 Å². The van der Waals surface area contributed by atoms with E-state index in [1.54, 1.807) is 7.11 Å². The minimum absolute atomic E-state index is 0.0736. The zero-order chi connectivity index (χ0) is 16.3. The molecule has 22 heavy (non-hydrogen) atoms. The quantitative estimate of drug-likeness (QED) is 0.812. The maximum Gasteiger partial charge on any atom is 0.410 e. The molecule has 1 amide bonds. The van der Waals surface area contributed by atoms with Gasteiger partial charge in [0.05, 0.1) is 13.2 Å². The molecule has 2 atom stereocenters. The maximum absolute atomic E-state index is 12.5. The van der Waals surface area contributed by atoms with Crippen LogP contribution in [-0.4, -0.2) is 30.2 Å². The van der Waals surface area contributed by atoms with E-state index in [1.165, 1.54) is 0 Å². The Morgan fingerprint density at radius 1 is 1.23 bits per heavy atom. The lowest BCUT2D eigenvalue weighted by Gasteiger charge is -2.39. The van der Waals surface area contributed by atoms with Crippen LogP contribution in [0.2, 0.25) is 0 Å². The predicted molar refractivity (Wildman–Crippen MR) is 87.1 cm³/mol. The number of benzene rings is 1. The molecule has 0 aromatic heterocycles. The molecule has 0 saturated carbocycles. The van der Waals surface area contributed by atoms with Gasteiger partial charge in [0, 0.05) is 6.54 Å². The third-order valence-corrected chi connectivity index (χ3v) is 3.99. The Labute approximate surface area is 133 Å². The summed E-state index contributed by atoms with van der Waals surface area (Å²) in [6, 6.07) is 8.05. The molecule has 1 aliphatic rings. The molecule has 0 spiro atoms. The van der Waals surface area contributed by atoms with Gasteiger partial charge in [0.25, 0.3) is 0 Å². The van der Waals surface area contributed by atoms with Gasteiger partial charge in [-0.1, -0.05) is 19.1 Å². The van der Waals surface area contributed by atoms with Crippen molar-refractivity contribution in [2.75, 3.05) is 13.7 Å². The van der Waals surface area contributed by atoms with E-state index in [4.69, 9.17) is 9.47 Å². The van der Waals surface area contributed by atoms with Crippen molar-refractivity contribution in [2.24, 2.45) is 5.92 Å². The van der Waals surface area contributed by atoms with Crippen LogP contribution in [0.25, 0.3) is 0 Å². The average Bonchev–Trinajstić information content (AvgIpc) is 2.45. The molecule has 1 heterocycles. The number of ether oxygens (including phenoxy) is 2. The van der Waals surface area contributed by atoms with Gasteiger partial charge < -0.3 is 14.4 Å². The van der Waals surface area contributed by atoms with Gasteiger partial charge in [-0.15, -0.1) is 0 Å². The molecule has 4 heteroatoms. The summed E-state index contributed by atoms with van der Waals surface area (Å²) < 4.78 is 10.8. The zero-order valence-corrected chi connectivity index (χ0v) is 14.3. The molecule has 1 aromatic carbocycles. The monoisotopic (exact) mass is 305 g/mol. The van der Waals surface area contributed by atoms with Crippen molar-refractivity contribution in [3.05, 3.63) is 29.8 Å². The third kappa shape index (κ3) is 4.15. The van der Waals surface area contributed by atoms with E-state index in [0.717, 1.165) is 30.7 Å². The molecule has 1 saturated heterocycles. The highest BCUT2D eigenvalue weighted by Crippen LogP contribution is 2.35. The zero-order valence-electron chi connectivity index (χ0n) is 14.3. The Kier molecular flexibility index (Phi) is 4.99. The fraction of sp³-hybridized carbons (Fsp3) is 0.611. The Hall–Kier alpha value is -1.71. The van der Waals surface area contributed by atoms with Gasteiger partial charge >= 0.3 is 6.09 Å². The molecule has 0 N–H and O–H groups in total. The molecule has 2 rings (SSSR count). The SMILES string of the molecule is COc1ccc([C@@H]2C[C@H](C)CCN2C(=O)OC(C)(C)C)cc1. The summed E-state index contributed by atoms with van der Waals surface area (Å²) in [7, 11) is 1.66. The summed E-state index contributed by atoms with van der Waals surface area (Å²) in [5.74, 6) is 1.43. The first-order valence-electron chi connectivity index (χ1n) is 7.93. The maximum atomic E-state index is 12.5. The normalized spacial score (nSPS) is 22.3. The topological polar surface area (TPSA) is 38.8 Å². The summed E-state index contributed by atoms with van der Waals surface area (Å²) in [6.07, 6.45) is 1.76. The Balaban J connectivity index is 2.20. The van der Waals surface area contributed by atoms with Crippen molar-refractivity contribution in [3.8, 4) is 5.75 Å². The average molecular weight is 305 g/mol. The van der Waals surface area contributed by atoms with Crippen LogP contribution < -0.4 is 4.74 Å². The van der Waals surface area contributed by atoms with Crippen LogP contribution in [-0.2, 0) is 4.74 Å². The second-order valence-corrected chi connectivity index (χ2v) is 7.09. The Morgan fingerprint density at radius 3 is 2.41 bits per heavy atom. The number of amides is 1. The second kappa shape index (κ2) is 6.59. The third-order valence-electron chi connectivity index (χ3n) is 3.99. The lowest BCUT2D eigenvalue weighted by Crippen LogP contribution is -2.43. The number of carbonyl (C=O) groups excluding carboxylic acids is 1. The molecular weight excluding hydrogens is 278 g/mol. The molecule has 1 fully saturated rings. The van der Waals surface area contributed by atoms with E-state index < -0.39 is 5.60 Å². The van der Waals surface area contributed by atoms with Crippen LogP contribution in [0.4, 0.5) is 4.79 Å². The molecule has 1 aliphatic heterocycles. The first-order chi connectivity index (χ1) is 10.3. The van der Waals surface area contributed by atoms with Gasteiger partial charge in [-0.3, -0.25) is 0 Å². The number of methoxy groups -OCH3 is 1. The number of hydrogen-bond acceptors (Lipinski definition) is 3. The highest BCUT2D eigenvalue weighted by atomic mass is 16.6. The second-order valence-electron chi connectivity index (χ2n) is 7.09. The van der Waals surface area contributed by atoms with E-state index in [-0.39, 0.29) is 12.1 Å². The van der Waals surface area contributed by atoms with E-state index in [1.807, 2.05) is 49.9 Å². The van der Waals surface area contributed by atoms with Crippen molar-refractivity contribution in [2.45, 2.75) is 52.2 Å². The fourth-order valence-electron chi connectivity index (χ4n) is 2.82. The summed E-state index contributed by atoms with van der Waals surface area (Å²) in [4.78, 5) is 14.4. The number of hydrogen-bond donors (Lipinski definition) is 0. The number of rotatable bonds is 2. The van der Waals surface area contributed by atoms with Crippen molar-refractivity contribution in [1.29, 1.82) is 0 Å². The van der Waals surface area contributed by atoms with Crippen LogP contribution in [0.15, 0.2) is 24.3 Å². The fourth-order valence-corrected chi connectivity index (χ4v) is 2.82. The molecule has 0 bridgehead atoms. The molecule has 0 radical (unpaired) electrons. The molecule has 0 aliphatic carbocycles. The summed E-state index contributed by atoms with van der Waals surface area (Å²) in [6.45, 7) is 8.69. The van der Waals surface area contributed by atoms with Crippen LogP contribution in [0.3, 0.4) is 0 Å². The molecule has 0 unspecified atom stereocenters. The number of piperidine rings is 1. The van der Waals surface area contributed by atoms with Crippen molar-refractivity contribution in [3.63, 3.8) is 0 Å². The lowest BCUT2D eigenvalue weighted by molar-refractivity contribution is 0.00512. The van der Waals surface area contributed by atoms with E-state index in [0.29, 0.717) is 5.92 Å². The summed E-state index contributed by atoms with van der Waals surface area (Å²) in [5.41, 5.74) is 0.670. The van der Waals surface area contributed by atoms with Crippen molar-refractivity contribution in [1.82, 2.24) is 4.90 Å². The summed E-state index contributed by atoms with van der Waals surface area (Å²) in [5, 5.41) is 0. The lowest BCUT2D eigenvalue weighted by atomic mass is 9.88. The van der Waals surface area contributed by atoms with Gasteiger partial charge in [-0.2, -0.15) is 0 Å². The van der Waals surface area contributed by atoms with Crippen LogP contribution >= 0.6 is 0 Å². The van der Waals surface area contributed by atoms with Gasteiger partial charge in [0.1, 0.15) is 11.4 Å². The smallest absolute Gasteiger partial charge is 0.410 e. The van der Waals surface area contributed by atoms with Gasteiger partial charge in [-0.05, 0) is 57.2 Å². The van der Waals surface area contributed by atoms with Crippen molar-refractivity contribution >= 4 is 6.09 Å². The molecule has 4 nitrogen and oxygen atoms in total. The Morgan fingerprint density at radius 2 is 1.86 bits per heavy atom. The highest BCUT2D eigenvalue weighted by molar-refractivity contribution is 5.69. The molecule has 1 aromatic rings. The van der Waals surface area contributed by atoms with Crippen LogP contribution in [0.5, 0.6) is 5.75 Å². The van der Waals surface area contributed by atoms with E-state index >= 15 is 0 Å². The number of likely N-dealkylation sites (tertiary alicyclic amines) is 1. The van der Waals surface area contributed by atoms with E-state index in [2.05, 4.69) is 6.92 Å². The highest BCUT2D eigenvalue weighted by Gasteiger charge is 2.33.